The summed E-state index contributed by atoms with van der Waals surface area (Å²) in [5.74, 6) is -1.66. The van der Waals surface area contributed by atoms with Gasteiger partial charge in [-0.05, 0) is 25.1 Å². The third-order valence-corrected chi connectivity index (χ3v) is 2.78. The van der Waals surface area contributed by atoms with E-state index in [-0.39, 0.29) is 34.5 Å². The summed E-state index contributed by atoms with van der Waals surface area (Å²) in [6, 6.07) is 5.62. The van der Waals surface area contributed by atoms with Crippen molar-refractivity contribution in [2.24, 2.45) is 0 Å². The van der Waals surface area contributed by atoms with E-state index in [2.05, 4.69) is 4.98 Å². The first-order valence-electron chi connectivity index (χ1n) is 6.07. The molecule has 0 unspecified atom stereocenters. The van der Waals surface area contributed by atoms with Crippen LogP contribution in [0.4, 0.5) is 10.1 Å². The number of nitrogens with zero attached hydrogens (tertiary/aromatic N) is 1. The highest BCUT2D eigenvalue weighted by molar-refractivity contribution is 6.30. The molecule has 110 valence electrons. The van der Waals surface area contributed by atoms with Crippen molar-refractivity contribution in [1.29, 1.82) is 0 Å². The van der Waals surface area contributed by atoms with Crippen molar-refractivity contribution in [3.05, 3.63) is 46.9 Å². The number of aromatic nitrogens is 1. The van der Waals surface area contributed by atoms with Gasteiger partial charge in [0, 0.05) is 0 Å². The first kappa shape index (κ1) is 15.1. The molecule has 2 aromatic rings. The van der Waals surface area contributed by atoms with Gasteiger partial charge in [-0.2, -0.15) is 0 Å². The highest BCUT2D eigenvalue weighted by atomic mass is 35.5. The van der Waals surface area contributed by atoms with E-state index in [1.165, 1.54) is 30.5 Å². The summed E-state index contributed by atoms with van der Waals surface area (Å²) in [5.41, 5.74) is 5.86. The van der Waals surface area contributed by atoms with Gasteiger partial charge in [0.1, 0.15) is 5.56 Å². The van der Waals surface area contributed by atoms with Crippen LogP contribution in [-0.4, -0.2) is 17.6 Å². The van der Waals surface area contributed by atoms with Gasteiger partial charge in [0.2, 0.25) is 5.88 Å². The molecule has 7 heteroatoms. The molecule has 0 saturated heterocycles. The molecule has 0 fully saturated rings. The number of hydrogen-bond acceptors (Lipinski definition) is 5. The molecule has 0 aliphatic carbocycles. The Bertz CT molecular complexity index is 679. The van der Waals surface area contributed by atoms with Gasteiger partial charge < -0.3 is 15.2 Å². The zero-order chi connectivity index (χ0) is 15.4. The Morgan fingerprint density at radius 2 is 2.24 bits per heavy atom. The van der Waals surface area contributed by atoms with E-state index in [9.17, 15) is 9.18 Å². The predicted octanol–water partition coefficient (Wildman–Crippen LogP) is 3.43. The quantitative estimate of drug-likeness (QED) is 0.876. The SMILES string of the molecule is CCOC(=O)c1cc(N)cnc1Oc1cccc(Cl)c1F. The number of benzene rings is 1. The Morgan fingerprint density at radius 3 is 2.95 bits per heavy atom. The van der Waals surface area contributed by atoms with Crippen LogP contribution in [-0.2, 0) is 4.74 Å². The molecule has 0 spiro atoms. The lowest BCUT2D eigenvalue weighted by Crippen LogP contribution is -2.08. The maximum atomic E-state index is 13.8. The van der Waals surface area contributed by atoms with Gasteiger partial charge in [-0.15, -0.1) is 0 Å². The first-order chi connectivity index (χ1) is 10.0. The standard InChI is InChI=1S/C14H12ClFN2O3/c1-2-20-14(19)9-6-8(17)7-18-13(9)21-11-5-3-4-10(15)12(11)16/h3-7H,2,17H2,1H3. The molecule has 0 amide bonds. The van der Waals surface area contributed by atoms with E-state index < -0.39 is 11.8 Å². The zero-order valence-electron chi connectivity index (χ0n) is 11.1. The molecule has 0 saturated carbocycles. The van der Waals surface area contributed by atoms with Gasteiger partial charge in [0.15, 0.2) is 11.6 Å². The number of nitrogens with two attached hydrogens (primary N) is 1. The molecule has 2 rings (SSSR count). The molecule has 0 aliphatic heterocycles. The molecular formula is C14H12ClFN2O3. The molecule has 0 atom stereocenters. The smallest absolute Gasteiger partial charge is 0.343 e. The number of halogens is 2. The molecule has 1 aromatic carbocycles. The van der Waals surface area contributed by atoms with Gasteiger partial charge in [-0.3, -0.25) is 0 Å². The average molecular weight is 311 g/mol. The fourth-order valence-electron chi connectivity index (χ4n) is 1.57. The number of esters is 1. The molecule has 5 nitrogen and oxygen atoms in total. The number of carbonyl (C=O) groups excluding carboxylic acids is 1. The number of hydrogen-bond donors (Lipinski definition) is 1. The molecule has 0 radical (unpaired) electrons. The van der Waals surface area contributed by atoms with Crippen LogP contribution in [0.25, 0.3) is 0 Å². The van der Waals surface area contributed by atoms with E-state index in [1.54, 1.807) is 6.92 Å². The third kappa shape index (κ3) is 3.41. The predicted molar refractivity (Wildman–Crippen MR) is 76.1 cm³/mol. The summed E-state index contributed by atoms with van der Waals surface area (Å²) < 4.78 is 24.0. The van der Waals surface area contributed by atoms with Gasteiger partial charge in [-0.25, -0.2) is 14.2 Å². The van der Waals surface area contributed by atoms with Crippen molar-refractivity contribution in [3.8, 4) is 11.6 Å². The van der Waals surface area contributed by atoms with E-state index in [4.69, 9.17) is 26.8 Å². The minimum absolute atomic E-state index is 0.0104. The fraction of sp³-hybridized carbons (Fsp3) is 0.143. The normalized spacial score (nSPS) is 10.2. The summed E-state index contributed by atoms with van der Waals surface area (Å²) >= 11 is 5.67. The number of carbonyl (C=O) groups is 1. The van der Waals surface area contributed by atoms with Crippen molar-refractivity contribution >= 4 is 23.3 Å². The van der Waals surface area contributed by atoms with Crippen LogP contribution in [0.1, 0.15) is 17.3 Å². The molecular weight excluding hydrogens is 299 g/mol. The number of anilines is 1. The number of ether oxygens (including phenoxy) is 2. The third-order valence-electron chi connectivity index (χ3n) is 2.49. The molecule has 21 heavy (non-hydrogen) atoms. The van der Waals surface area contributed by atoms with E-state index in [0.29, 0.717) is 0 Å². The van der Waals surface area contributed by atoms with Crippen LogP contribution in [0.5, 0.6) is 11.6 Å². The first-order valence-corrected chi connectivity index (χ1v) is 6.45. The van der Waals surface area contributed by atoms with Gasteiger partial charge in [-0.1, -0.05) is 17.7 Å². The maximum absolute atomic E-state index is 13.8. The Labute approximate surface area is 125 Å². The molecule has 1 heterocycles. The summed E-state index contributed by atoms with van der Waals surface area (Å²) in [4.78, 5) is 15.7. The Kier molecular flexibility index (Phi) is 4.59. The topological polar surface area (TPSA) is 74.4 Å². The molecule has 1 aromatic heterocycles. The van der Waals surface area contributed by atoms with Crippen LogP contribution in [0, 0.1) is 5.82 Å². The Hall–Kier alpha value is -2.34. The van der Waals surface area contributed by atoms with E-state index >= 15 is 0 Å². The van der Waals surface area contributed by atoms with E-state index in [0.717, 1.165) is 0 Å². The summed E-state index contributed by atoms with van der Waals surface area (Å²) in [7, 11) is 0. The lowest BCUT2D eigenvalue weighted by molar-refractivity contribution is 0.0522. The van der Waals surface area contributed by atoms with Crippen molar-refractivity contribution in [3.63, 3.8) is 0 Å². The zero-order valence-corrected chi connectivity index (χ0v) is 11.9. The lowest BCUT2D eigenvalue weighted by Gasteiger charge is -2.11. The lowest BCUT2D eigenvalue weighted by atomic mass is 10.2. The fourth-order valence-corrected chi connectivity index (χ4v) is 1.74. The Balaban J connectivity index is 2.40. The number of nitrogen functional groups attached to an aromatic ring is 1. The number of pyridine rings is 1. The highest BCUT2D eigenvalue weighted by Crippen LogP contribution is 2.30. The molecule has 2 N–H and O–H groups in total. The monoisotopic (exact) mass is 310 g/mol. The minimum Gasteiger partial charge on any atom is -0.462 e. The Morgan fingerprint density at radius 1 is 1.48 bits per heavy atom. The van der Waals surface area contributed by atoms with E-state index in [1.807, 2.05) is 0 Å². The van der Waals surface area contributed by atoms with Crippen molar-refractivity contribution in [1.82, 2.24) is 4.98 Å². The van der Waals surface area contributed by atoms with Crippen LogP contribution in [0.15, 0.2) is 30.5 Å². The van der Waals surface area contributed by atoms with Crippen molar-refractivity contribution in [2.45, 2.75) is 6.92 Å². The molecule has 0 bridgehead atoms. The van der Waals surface area contributed by atoms with Gasteiger partial charge in [0.05, 0.1) is 23.5 Å². The largest absolute Gasteiger partial charge is 0.462 e. The van der Waals surface area contributed by atoms with Crippen molar-refractivity contribution in [2.75, 3.05) is 12.3 Å². The average Bonchev–Trinajstić information content (AvgIpc) is 2.46. The maximum Gasteiger partial charge on any atom is 0.343 e. The van der Waals surface area contributed by atoms with Gasteiger partial charge in [0.25, 0.3) is 0 Å². The highest BCUT2D eigenvalue weighted by Gasteiger charge is 2.18. The van der Waals surface area contributed by atoms with Crippen molar-refractivity contribution < 1.29 is 18.7 Å². The van der Waals surface area contributed by atoms with Crippen LogP contribution < -0.4 is 10.5 Å². The molecule has 0 aliphatic rings. The minimum atomic E-state index is -0.743. The summed E-state index contributed by atoms with van der Waals surface area (Å²) in [6.45, 7) is 1.84. The summed E-state index contributed by atoms with van der Waals surface area (Å²) in [6.07, 6.45) is 1.29. The second kappa shape index (κ2) is 6.41. The second-order valence-corrected chi connectivity index (χ2v) is 4.40. The second-order valence-electron chi connectivity index (χ2n) is 4.00. The van der Waals surface area contributed by atoms with Gasteiger partial charge >= 0.3 is 5.97 Å². The van der Waals surface area contributed by atoms with Crippen LogP contribution >= 0.6 is 11.6 Å². The number of rotatable bonds is 4. The summed E-state index contributed by atoms with van der Waals surface area (Å²) in [5, 5.41) is -0.0966. The van der Waals surface area contributed by atoms with Crippen LogP contribution in [0.2, 0.25) is 5.02 Å². The van der Waals surface area contributed by atoms with Crippen LogP contribution in [0.3, 0.4) is 0 Å².